The molecule has 2 fully saturated rings. The van der Waals surface area contributed by atoms with Crippen LogP contribution in [0.3, 0.4) is 0 Å². The number of amides is 2. The average molecular weight is 1020 g/mol. The van der Waals surface area contributed by atoms with E-state index in [2.05, 4.69) is 69.2 Å². The molecule has 20 heteroatoms. The number of pyridine rings is 1. The van der Waals surface area contributed by atoms with Crippen molar-refractivity contribution < 1.29 is 33.6 Å². The van der Waals surface area contributed by atoms with Crippen molar-refractivity contribution >= 4 is 65.6 Å². The van der Waals surface area contributed by atoms with Crippen molar-refractivity contribution in [3.05, 3.63) is 117 Å². The normalized spacial score (nSPS) is 20.3. The average Bonchev–Trinajstić information content (AvgIpc) is 3.81. The van der Waals surface area contributed by atoms with Gasteiger partial charge in [-0.3, -0.25) is 28.7 Å². The number of hydrogen-bond acceptors (Lipinski definition) is 12. The first-order valence-electron chi connectivity index (χ1n) is 24.4. The fourth-order valence-corrected chi connectivity index (χ4v) is 12.4. The molecule has 18 nitrogen and oxygen atoms in total. The number of carbonyl (C=O) groups is 2. The zero-order valence-electron chi connectivity index (χ0n) is 41.9. The Kier molecular flexibility index (Phi) is 13.9. The molecule has 0 spiro atoms. The van der Waals surface area contributed by atoms with Gasteiger partial charge in [0.2, 0.25) is 5.91 Å². The molecule has 4 aliphatic rings. The maximum absolute atomic E-state index is 14.1. The van der Waals surface area contributed by atoms with Gasteiger partial charge >= 0.3 is 7.82 Å². The molecule has 2 saturated heterocycles. The van der Waals surface area contributed by atoms with Gasteiger partial charge < -0.3 is 44.5 Å². The molecule has 1 unspecified atom stereocenters. The van der Waals surface area contributed by atoms with Crippen LogP contribution in [-0.2, 0) is 52.5 Å². The minimum Gasteiger partial charge on any atom is -0.392 e. The van der Waals surface area contributed by atoms with E-state index in [0.29, 0.717) is 76.0 Å². The summed E-state index contributed by atoms with van der Waals surface area (Å²) in [5.41, 5.74) is 6.06. The molecule has 72 heavy (non-hydrogen) atoms. The maximum Gasteiger partial charge on any atom is 0.470 e. The topological polar surface area (TPSA) is 211 Å². The lowest BCUT2D eigenvalue weighted by molar-refractivity contribution is -0.111. The highest BCUT2D eigenvalue weighted by Gasteiger charge is 2.39. The lowest BCUT2D eigenvalue weighted by Crippen LogP contribution is -2.58. The fraction of sp³-hybridized carbons (Fsp3) is 0.442. The molecular formula is C52H64ClN10O8P. The van der Waals surface area contributed by atoms with E-state index in [1.54, 1.807) is 56.4 Å². The number of phosphoric acid groups is 1. The van der Waals surface area contributed by atoms with E-state index in [-0.39, 0.29) is 35.1 Å². The first kappa shape index (κ1) is 51.1. The number of nitrogens with zero attached hydrogens (tertiary/aromatic N) is 8. The largest absolute Gasteiger partial charge is 0.470 e. The minimum atomic E-state index is -4.78. The van der Waals surface area contributed by atoms with Gasteiger partial charge in [-0.1, -0.05) is 32.0 Å². The summed E-state index contributed by atoms with van der Waals surface area (Å²) in [4.78, 5) is 77.9. The van der Waals surface area contributed by atoms with Gasteiger partial charge in [-0.05, 0) is 119 Å². The Morgan fingerprint density at radius 2 is 1.79 bits per heavy atom. The first-order valence-corrected chi connectivity index (χ1v) is 26.3. The molecule has 5 N–H and O–H groups in total. The van der Waals surface area contributed by atoms with Gasteiger partial charge in [0.25, 0.3) is 11.5 Å². The molecule has 6 heterocycles. The van der Waals surface area contributed by atoms with Crippen molar-refractivity contribution in [3.8, 4) is 11.3 Å². The van der Waals surface area contributed by atoms with E-state index >= 15 is 0 Å². The number of aliphatic hydroxyl groups is 1. The fourth-order valence-electron chi connectivity index (χ4n) is 11.4. The number of fused-ring (bicyclic) bond motifs is 3. The number of piperazine rings is 1. The number of hydrogen-bond donors (Lipinski definition) is 5. The summed E-state index contributed by atoms with van der Waals surface area (Å²) in [6, 6.07) is 15.4. The van der Waals surface area contributed by atoms with E-state index < -0.39 is 25.6 Å². The Balaban J connectivity index is 0.907. The maximum atomic E-state index is 14.1. The van der Waals surface area contributed by atoms with Crippen molar-refractivity contribution in [2.45, 2.75) is 104 Å². The number of benzene rings is 2. The molecule has 1 aliphatic carbocycles. The van der Waals surface area contributed by atoms with E-state index in [4.69, 9.17) is 21.1 Å². The lowest BCUT2D eigenvalue weighted by atomic mass is 9.90. The van der Waals surface area contributed by atoms with Crippen LogP contribution in [0.4, 0.5) is 34.4 Å². The summed E-state index contributed by atoms with van der Waals surface area (Å²) < 4.78 is 20.4. The summed E-state index contributed by atoms with van der Waals surface area (Å²) in [6.45, 7) is 19.3. The molecule has 2 aromatic carbocycles. The number of nitrogens with one attached hydrogen (secondary N) is 2. The van der Waals surface area contributed by atoms with Gasteiger partial charge in [0.15, 0.2) is 5.82 Å². The van der Waals surface area contributed by atoms with Gasteiger partial charge in [0.1, 0.15) is 17.1 Å². The smallest absolute Gasteiger partial charge is 0.392 e. The summed E-state index contributed by atoms with van der Waals surface area (Å²) in [5, 5.41) is 17.4. The van der Waals surface area contributed by atoms with Crippen LogP contribution in [0.25, 0.3) is 11.3 Å². The number of rotatable bonds is 13. The Hall–Kier alpha value is -5.85. The highest BCUT2D eigenvalue weighted by atomic mass is 35.5. The summed E-state index contributed by atoms with van der Waals surface area (Å²) in [6.07, 6.45) is 8.03. The van der Waals surface area contributed by atoms with Gasteiger partial charge in [-0.25, -0.2) is 14.5 Å². The van der Waals surface area contributed by atoms with Crippen LogP contribution in [0.15, 0.2) is 78.4 Å². The molecule has 5 aromatic rings. The molecule has 382 valence electrons. The monoisotopic (exact) mass is 1020 g/mol. The third-order valence-corrected chi connectivity index (χ3v) is 15.8. The van der Waals surface area contributed by atoms with E-state index in [0.717, 1.165) is 56.7 Å². The van der Waals surface area contributed by atoms with Crippen LogP contribution in [0, 0.1) is 5.41 Å². The van der Waals surface area contributed by atoms with Crippen LogP contribution in [0.2, 0.25) is 5.02 Å². The Morgan fingerprint density at radius 3 is 2.50 bits per heavy atom. The molecule has 3 aliphatic heterocycles. The van der Waals surface area contributed by atoms with Crippen molar-refractivity contribution in [3.63, 3.8) is 0 Å². The van der Waals surface area contributed by atoms with Crippen LogP contribution in [0.5, 0.6) is 0 Å². The Morgan fingerprint density at radius 1 is 1.01 bits per heavy atom. The van der Waals surface area contributed by atoms with Gasteiger partial charge in [-0.2, -0.15) is 0 Å². The summed E-state index contributed by atoms with van der Waals surface area (Å²) in [7, 11) is -3.15. The number of aromatic nitrogens is 4. The SMILES string of the molecule is C=CC(=O)Nc1cc(Nc2nc(-c3ccnc(N4CCn5c(cc6c5CC(C)(C)C6)C4=O)c3CO)cn(C)c2=O)ccc1N1CCN(C2CCN(c3ccc(Cl)c(C(C)(C)OP(=O)(O)O)c3)[C@@H](C)C2)C[C@@H]1C. The third-order valence-electron chi connectivity index (χ3n) is 14.7. The van der Waals surface area contributed by atoms with Crippen molar-refractivity contribution in [1.82, 2.24) is 24.0 Å². The van der Waals surface area contributed by atoms with Crippen LogP contribution < -0.4 is 30.9 Å². The van der Waals surface area contributed by atoms with E-state index in [1.165, 1.54) is 21.9 Å². The Labute approximate surface area is 424 Å². The zero-order chi connectivity index (χ0) is 51.6. The molecule has 0 saturated carbocycles. The van der Waals surface area contributed by atoms with Crippen molar-refractivity contribution in [2.75, 3.05) is 58.1 Å². The molecule has 3 aromatic heterocycles. The summed E-state index contributed by atoms with van der Waals surface area (Å²) in [5.74, 6) is -0.202. The van der Waals surface area contributed by atoms with Crippen molar-refractivity contribution in [2.24, 2.45) is 12.5 Å². The number of piperidine rings is 1. The highest BCUT2D eigenvalue weighted by Crippen LogP contribution is 2.48. The predicted molar refractivity (Wildman–Crippen MR) is 280 cm³/mol. The molecule has 0 radical (unpaired) electrons. The minimum absolute atomic E-state index is 0.0202. The standard InChI is InChI=1S/C52H64ClN10O8P/c1-9-46(65)56-41-24-34(10-13-43(41)61-19-18-59(28-32(61)3)35-15-17-60(31(2)22-35)36-11-12-40(53)39(25-36)52(6,7)71-72(68,69)70)55-47-50(67)58(8)29-42(57-47)37-14-16-54-48(38(37)30-64)63-21-20-62-44(49(63)66)23-33-26-51(4,5)27-45(33)62/h9-14,16,23-25,29,31-32,35,64H,1,15,17-22,26-28,30H2,2-8H3,(H,55,57)(H,56,65)(H2,68,69,70)/t31-,32-,35?/m0/s1. The number of carbonyl (C=O) groups excluding carboxylic acids is 2. The van der Waals surface area contributed by atoms with Gasteiger partial charge in [0, 0.05) is 116 Å². The van der Waals surface area contributed by atoms with E-state index in [9.17, 15) is 33.8 Å². The molecule has 3 atom stereocenters. The number of aliphatic hydroxyl groups excluding tert-OH is 1. The van der Waals surface area contributed by atoms with Crippen LogP contribution in [0.1, 0.15) is 87.3 Å². The molecule has 2 amide bonds. The zero-order valence-corrected chi connectivity index (χ0v) is 43.5. The number of aryl methyl sites for hydroxylation is 1. The molecule has 0 bridgehead atoms. The first-order chi connectivity index (χ1) is 34.0. The summed E-state index contributed by atoms with van der Waals surface area (Å²) >= 11 is 6.53. The van der Waals surface area contributed by atoms with Crippen LogP contribution >= 0.6 is 19.4 Å². The second kappa shape index (κ2) is 19.5. The second-order valence-corrected chi connectivity index (χ2v) is 22.5. The molecular weight excluding hydrogens is 959 g/mol. The predicted octanol–water partition coefficient (Wildman–Crippen LogP) is 7.36. The van der Waals surface area contributed by atoms with Crippen LogP contribution in [-0.4, -0.2) is 102 Å². The third kappa shape index (κ3) is 10.1. The van der Waals surface area contributed by atoms with Crippen molar-refractivity contribution in [1.29, 1.82) is 0 Å². The quantitative estimate of drug-likeness (QED) is 0.0577. The highest BCUT2D eigenvalue weighted by molar-refractivity contribution is 7.46. The van der Waals surface area contributed by atoms with Gasteiger partial charge in [-0.15, -0.1) is 0 Å². The Bertz CT molecular complexity index is 3080. The second-order valence-electron chi connectivity index (χ2n) is 20.9. The molecule has 9 rings (SSSR count). The number of phosphoric ester groups is 1. The number of halogens is 1. The van der Waals surface area contributed by atoms with Gasteiger partial charge in [0.05, 0.1) is 23.7 Å². The lowest BCUT2D eigenvalue weighted by Gasteiger charge is -2.48. The van der Waals surface area contributed by atoms with E-state index in [1.807, 2.05) is 30.3 Å². The number of anilines is 6.